The van der Waals surface area contributed by atoms with Crippen LogP contribution in [0.25, 0.3) is 0 Å². The van der Waals surface area contributed by atoms with Crippen LogP contribution in [0.5, 0.6) is 0 Å². The van der Waals surface area contributed by atoms with Gasteiger partial charge in [-0.15, -0.1) is 0 Å². The number of carbonyl (C=O) groups is 1. The molecule has 0 unspecified atom stereocenters. The minimum Gasteiger partial charge on any atom is -0.468 e. The Labute approximate surface area is 217 Å². The van der Waals surface area contributed by atoms with Gasteiger partial charge in [-0.1, -0.05) is 115 Å². The van der Waals surface area contributed by atoms with Gasteiger partial charge in [-0.25, -0.2) is 0 Å². The second-order valence-corrected chi connectivity index (χ2v) is 10.5. The van der Waals surface area contributed by atoms with Crippen molar-refractivity contribution in [2.24, 2.45) is 11.3 Å². The van der Waals surface area contributed by atoms with Crippen molar-refractivity contribution in [1.29, 1.82) is 0 Å². The third-order valence-corrected chi connectivity index (χ3v) is 8.83. The van der Waals surface area contributed by atoms with Crippen molar-refractivity contribution < 1.29 is 14.3 Å². The molecule has 0 radical (unpaired) electrons. The summed E-state index contributed by atoms with van der Waals surface area (Å²) >= 11 is 0. The number of rotatable bonds is 5. The summed E-state index contributed by atoms with van der Waals surface area (Å²) in [6.45, 7) is 2.04. The number of ether oxygens (including phenoxy) is 2. The zero-order valence-corrected chi connectivity index (χ0v) is 20.8. The molecule has 0 aliphatic carbocycles. The van der Waals surface area contributed by atoms with Crippen LogP contribution in [-0.2, 0) is 32.0 Å². The van der Waals surface area contributed by atoms with Crippen molar-refractivity contribution in [2.75, 3.05) is 20.2 Å². The van der Waals surface area contributed by atoms with Gasteiger partial charge in [0.25, 0.3) is 0 Å². The number of esters is 1. The number of likely N-dealkylation sites (tertiary alicyclic amines) is 1. The summed E-state index contributed by atoms with van der Waals surface area (Å²) in [4.78, 5) is 16.7. The molecule has 0 amide bonds. The molecule has 4 aromatic carbocycles. The third kappa shape index (κ3) is 2.77. The fourth-order valence-electron chi connectivity index (χ4n) is 7.57. The Morgan fingerprint density at radius 3 is 2.03 bits per heavy atom. The van der Waals surface area contributed by atoms with E-state index in [2.05, 4.69) is 89.8 Å². The Bertz CT molecular complexity index is 1460. The Morgan fingerprint density at radius 1 is 0.811 bits per heavy atom. The Morgan fingerprint density at radius 2 is 1.38 bits per heavy atom. The van der Waals surface area contributed by atoms with Gasteiger partial charge in [-0.05, 0) is 27.8 Å². The van der Waals surface area contributed by atoms with Gasteiger partial charge in [0.05, 0.1) is 7.11 Å². The van der Waals surface area contributed by atoms with Crippen LogP contribution >= 0.6 is 0 Å². The SMILES string of the molecule is COC(=O)[C@]12CN(Cc3ccccc3)C[C@H]1[C@]1(c3ccccc3)O[C@@]2(c2ccccc2)c2ccccc21. The lowest BCUT2D eigenvalue weighted by Crippen LogP contribution is -2.55. The van der Waals surface area contributed by atoms with E-state index in [0.717, 1.165) is 35.3 Å². The minimum absolute atomic E-state index is 0.131. The predicted octanol–water partition coefficient (Wildman–Crippen LogP) is 5.51. The number of fused-ring (bicyclic) bond motifs is 8. The summed E-state index contributed by atoms with van der Waals surface area (Å²) in [5, 5.41) is 0. The molecular weight excluding hydrogens is 458 g/mol. The van der Waals surface area contributed by atoms with Crippen LogP contribution < -0.4 is 0 Å². The van der Waals surface area contributed by atoms with Gasteiger partial charge < -0.3 is 9.47 Å². The molecule has 2 bridgehead atoms. The first-order chi connectivity index (χ1) is 18.2. The number of hydrogen-bond donors (Lipinski definition) is 0. The van der Waals surface area contributed by atoms with E-state index in [0.29, 0.717) is 6.54 Å². The van der Waals surface area contributed by atoms with Crippen molar-refractivity contribution >= 4 is 5.97 Å². The molecule has 3 heterocycles. The van der Waals surface area contributed by atoms with Crippen LogP contribution in [0.1, 0.15) is 27.8 Å². The molecule has 4 nitrogen and oxygen atoms in total. The summed E-state index contributed by atoms with van der Waals surface area (Å²) in [5.41, 5.74) is 2.87. The molecule has 2 fully saturated rings. The van der Waals surface area contributed by atoms with E-state index in [1.807, 2.05) is 30.3 Å². The topological polar surface area (TPSA) is 38.8 Å². The average Bonchev–Trinajstić information content (AvgIpc) is 3.58. The summed E-state index contributed by atoms with van der Waals surface area (Å²) in [7, 11) is 1.51. The van der Waals surface area contributed by atoms with Crippen molar-refractivity contribution in [3.8, 4) is 0 Å². The first-order valence-corrected chi connectivity index (χ1v) is 12.9. The number of nitrogens with zero attached hydrogens (tertiary/aromatic N) is 1. The lowest BCUT2D eigenvalue weighted by molar-refractivity contribution is -0.164. The van der Waals surface area contributed by atoms with E-state index in [1.165, 1.54) is 12.7 Å². The van der Waals surface area contributed by atoms with E-state index >= 15 is 0 Å². The Kier molecular flexibility index (Phi) is 4.94. The maximum Gasteiger partial charge on any atom is 0.317 e. The van der Waals surface area contributed by atoms with Gasteiger partial charge in [0.1, 0.15) is 16.6 Å². The van der Waals surface area contributed by atoms with Crippen LogP contribution in [-0.4, -0.2) is 31.1 Å². The van der Waals surface area contributed by atoms with Crippen molar-refractivity contribution in [3.63, 3.8) is 0 Å². The quantitative estimate of drug-likeness (QED) is 0.348. The molecule has 3 aliphatic heterocycles. The molecular formula is C33H29NO3. The van der Waals surface area contributed by atoms with E-state index in [9.17, 15) is 4.79 Å². The van der Waals surface area contributed by atoms with Gasteiger partial charge in [-0.3, -0.25) is 9.69 Å². The van der Waals surface area contributed by atoms with Crippen LogP contribution in [0.3, 0.4) is 0 Å². The first kappa shape index (κ1) is 22.5. The first-order valence-electron chi connectivity index (χ1n) is 12.9. The highest BCUT2D eigenvalue weighted by Crippen LogP contribution is 2.75. The number of hydrogen-bond acceptors (Lipinski definition) is 4. The largest absolute Gasteiger partial charge is 0.468 e. The molecule has 4 atom stereocenters. The minimum atomic E-state index is -0.968. The smallest absolute Gasteiger partial charge is 0.317 e. The summed E-state index contributed by atoms with van der Waals surface area (Å²) in [5.74, 6) is -0.335. The second-order valence-electron chi connectivity index (χ2n) is 10.5. The number of methoxy groups -OCH3 is 1. The second kappa shape index (κ2) is 8.14. The van der Waals surface area contributed by atoms with E-state index in [4.69, 9.17) is 9.47 Å². The van der Waals surface area contributed by atoms with Gasteiger partial charge in [0.2, 0.25) is 0 Å². The molecule has 7 rings (SSSR count). The van der Waals surface area contributed by atoms with E-state index < -0.39 is 16.6 Å². The van der Waals surface area contributed by atoms with Crippen molar-refractivity contribution in [2.45, 2.75) is 17.7 Å². The van der Waals surface area contributed by atoms with Gasteiger partial charge >= 0.3 is 5.97 Å². The molecule has 0 saturated carbocycles. The normalized spacial score (nSPS) is 29.6. The van der Waals surface area contributed by atoms with Gasteiger partial charge in [0.15, 0.2) is 0 Å². The molecule has 0 spiro atoms. The molecule has 0 aromatic heterocycles. The number of benzene rings is 4. The van der Waals surface area contributed by atoms with Crippen LogP contribution in [0.2, 0.25) is 0 Å². The zero-order valence-electron chi connectivity index (χ0n) is 20.8. The summed E-state index contributed by atoms with van der Waals surface area (Å²) in [6, 6.07) is 39.7. The summed E-state index contributed by atoms with van der Waals surface area (Å²) in [6.07, 6.45) is 0. The monoisotopic (exact) mass is 487 g/mol. The lowest BCUT2D eigenvalue weighted by atomic mass is 9.53. The van der Waals surface area contributed by atoms with Crippen LogP contribution in [0.4, 0.5) is 0 Å². The standard InChI is InChI=1S/C33H29NO3/c1-36-30(35)31-23-34(21-24-13-5-2-6-14-24)22-29(31)32(25-15-7-3-8-16-25)27-19-11-12-20-28(27)33(31,37-32)26-17-9-4-10-18-26/h2-20,29H,21-23H2,1H3/t29-,31+,32-,33+/m1/s1. The van der Waals surface area contributed by atoms with Crippen molar-refractivity contribution in [1.82, 2.24) is 4.90 Å². The van der Waals surface area contributed by atoms with E-state index in [1.54, 1.807) is 0 Å². The molecule has 37 heavy (non-hydrogen) atoms. The maximum absolute atomic E-state index is 14.2. The lowest BCUT2D eigenvalue weighted by Gasteiger charge is -2.44. The van der Waals surface area contributed by atoms with Gasteiger partial charge in [0, 0.05) is 25.6 Å². The Hall–Kier alpha value is -3.73. The molecule has 2 saturated heterocycles. The average molecular weight is 488 g/mol. The zero-order chi connectivity index (χ0) is 25.1. The highest BCUT2D eigenvalue weighted by atomic mass is 16.6. The molecule has 3 aliphatic rings. The molecule has 4 heteroatoms. The van der Waals surface area contributed by atoms with E-state index in [-0.39, 0.29) is 11.9 Å². The predicted molar refractivity (Wildman–Crippen MR) is 142 cm³/mol. The fraction of sp³-hybridized carbons (Fsp3) is 0.242. The Balaban J connectivity index is 1.52. The third-order valence-electron chi connectivity index (χ3n) is 8.83. The van der Waals surface area contributed by atoms with Gasteiger partial charge in [-0.2, -0.15) is 0 Å². The maximum atomic E-state index is 14.2. The molecule has 184 valence electrons. The van der Waals surface area contributed by atoms with Crippen molar-refractivity contribution in [3.05, 3.63) is 143 Å². The van der Waals surface area contributed by atoms with Crippen LogP contribution in [0, 0.1) is 11.3 Å². The number of carbonyl (C=O) groups excluding carboxylic acids is 1. The molecule has 4 aromatic rings. The summed E-state index contributed by atoms with van der Waals surface area (Å²) < 4.78 is 13.1. The molecule has 0 N–H and O–H groups in total. The van der Waals surface area contributed by atoms with Crippen LogP contribution in [0.15, 0.2) is 115 Å². The fourth-order valence-corrected chi connectivity index (χ4v) is 7.57. The highest BCUT2D eigenvalue weighted by molar-refractivity contribution is 5.85. The highest BCUT2D eigenvalue weighted by Gasteiger charge is 2.83.